The summed E-state index contributed by atoms with van der Waals surface area (Å²) in [4.78, 5) is 0. The van der Waals surface area contributed by atoms with E-state index in [4.69, 9.17) is 12.2 Å². The SMILES string of the molecule is CCc1cccc(NC(=S)Nc2ccc(Br)cc2)c1. The Morgan fingerprint density at radius 3 is 2.42 bits per heavy atom. The number of hydrogen-bond acceptors (Lipinski definition) is 1. The molecule has 0 aliphatic heterocycles. The predicted octanol–water partition coefficient (Wildman–Crippen LogP) is 4.82. The summed E-state index contributed by atoms with van der Waals surface area (Å²) in [5, 5.41) is 6.94. The fourth-order valence-corrected chi connectivity index (χ4v) is 2.20. The van der Waals surface area contributed by atoms with Crippen molar-refractivity contribution in [3.8, 4) is 0 Å². The van der Waals surface area contributed by atoms with Crippen LogP contribution in [0.25, 0.3) is 0 Å². The highest BCUT2D eigenvalue weighted by atomic mass is 79.9. The van der Waals surface area contributed by atoms with Crippen molar-refractivity contribution in [3.05, 3.63) is 58.6 Å². The molecule has 4 heteroatoms. The van der Waals surface area contributed by atoms with Gasteiger partial charge in [0.1, 0.15) is 0 Å². The number of halogens is 1. The first-order valence-electron chi connectivity index (χ1n) is 6.10. The van der Waals surface area contributed by atoms with Crippen molar-refractivity contribution in [2.45, 2.75) is 13.3 Å². The fraction of sp³-hybridized carbons (Fsp3) is 0.133. The minimum Gasteiger partial charge on any atom is -0.332 e. The molecule has 19 heavy (non-hydrogen) atoms. The average molecular weight is 335 g/mol. The Hall–Kier alpha value is -1.39. The van der Waals surface area contributed by atoms with Crippen LogP contribution in [0.5, 0.6) is 0 Å². The molecule has 0 aliphatic carbocycles. The molecule has 2 nitrogen and oxygen atoms in total. The minimum atomic E-state index is 0.593. The normalized spacial score (nSPS) is 10.0. The van der Waals surface area contributed by atoms with Gasteiger partial charge in [-0.15, -0.1) is 0 Å². The molecule has 2 N–H and O–H groups in total. The second-order valence-corrected chi connectivity index (χ2v) is 5.46. The van der Waals surface area contributed by atoms with Gasteiger partial charge in [-0.3, -0.25) is 0 Å². The van der Waals surface area contributed by atoms with Crippen LogP contribution in [0.4, 0.5) is 11.4 Å². The van der Waals surface area contributed by atoms with Gasteiger partial charge in [-0.1, -0.05) is 35.0 Å². The topological polar surface area (TPSA) is 24.1 Å². The van der Waals surface area contributed by atoms with E-state index in [9.17, 15) is 0 Å². The van der Waals surface area contributed by atoms with Crippen LogP contribution in [0.15, 0.2) is 53.0 Å². The maximum absolute atomic E-state index is 5.30. The van der Waals surface area contributed by atoms with Gasteiger partial charge in [-0.05, 0) is 60.6 Å². The lowest BCUT2D eigenvalue weighted by Crippen LogP contribution is -2.19. The fourth-order valence-electron chi connectivity index (χ4n) is 1.70. The van der Waals surface area contributed by atoms with E-state index in [-0.39, 0.29) is 0 Å². The molecule has 0 heterocycles. The number of nitrogens with one attached hydrogen (secondary N) is 2. The quantitative estimate of drug-likeness (QED) is 0.787. The van der Waals surface area contributed by atoms with Crippen LogP contribution in [-0.2, 0) is 6.42 Å². The Morgan fingerprint density at radius 1 is 1.05 bits per heavy atom. The molecule has 0 aromatic heterocycles. The molecule has 0 bridgehead atoms. The molecule has 2 rings (SSSR count). The average Bonchev–Trinajstić information content (AvgIpc) is 2.41. The minimum absolute atomic E-state index is 0.593. The Morgan fingerprint density at radius 2 is 1.74 bits per heavy atom. The molecule has 0 aliphatic rings. The van der Waals surface area contributed by atoms with E-state index in [1.807, 2.05) is 36.4 Å². The Labute approximate surface area is 127 Å². The zero-order valence-corrected chi connectivity index (χ0v) is 13.0. The highest BCUT2D eigenvalue weighted by Crippen LogP contribution is 2.15. The third kappa shape index (κ3) is 4.33. The van der Waals surface area contributed by atoms with Crippen LogP contribution >= 0.6 is 28.1 Å². The summed E-state index contributed by atoms with van der Waals surface area (Å²) in [6.07, 6.45) is 1.02. The van der Waals surface area contributed by atoms with Crippen molar-refractivity contribution >= 4 is 44.6 Å². The van der Waals surface area contributed by atoms with Gasteiger partial charge in [0.2, 0.25) is 0 Å². The zero-order chi connectivity index (χ0) is 13.7. The predicted molar refractivity (Wildman–Crippen MR) is 89.8 cm³/mol. The molecular formula is C15H15BrN2S. The van der Waals surface area contributed by atoms with E-state index >= 15 is 0 Å². The molecular weight excluding hydrogens is 320 g/mol. The first kappa shape index (κ1) is 14.0. The molecule has 0 saturated heterocycles. The first-order chi connectivity index (χ1) is 9.17. The standard InChI is InChI=1S/C15H15BrN2S/c1-2-11-4-3-5-14(10-11)18-15(19)17-13-8-6-12(16)7-9-13/h3-10H,2H2,1H3,(H2,17,18,19). The first-order valence-corrected chi connectivity index (χ1v) is 7.30. The summed E-state index contributed by atoms with van der Waals surface area (Å²) >= 11 is 8.70. The van der Waals surface area contributed by atoms with Crippen molar-refractivity contribution in [1.29, 1.82) is 0 Å². The van der Waals surface area contributed by atoms with E-state index in [2.05, 4.69) is 45.6 Å². The summed E-state index contributed by atoms with van der Waals surface area (Å²) in [5.74, 6) is 0. The highest BCUT2D eigenvalue weighted by molar-refractivity contribution is 9.10. The second kappa shape index (κ2) is 6.68. The smallest absolute Gasteiger partial charge is 0.175 e. The van der Waals surface area contributed by atoms with Crippen molar-refractivity contribution in [1.82, 2.24) is 0 Å². The third-order valence-corrected chi connectivity index (χ3v) is 3.43. The van der Waals surface area contributed by atoms with Gasteiger partial charge in [-0.25, -0.2) is 0 Å². The molecule has 0 unspecified atom stereocenters. The van der Waals surface area contributed by atoms with Gasteiger partial charge in [-0.2, -0.15) is 0 Å². The summed E-state index contributed by atoms with van der Waals surface area (Å²) in [5.41, 5.74) is 3.26. The van der Waals surface area contributed by atoms with Crippen molar-refractivity contribution in [2.75, 3.05) is 10.6 Å². The number of aryl methyl sites for hydroxylation is 1. The van der Waals surface area contributed by atoms with Gasteiger partial charge in [0.15, 0.2) is 5.11 Å². The van der Waals surface area contributed by atoms with E-state index in [0.717, 1.165) is 22.3 Å². The van der Waals surface area contributed by atoms with Crippen LogP contribution in [0.1, 0.15) is 12.5 Å². The maximum Gasteiger partial charge on any atom is 0.175 e. The number of anilines is 2. The van der Waals surface area contributed by atoms with E-state index in [1.54, 1.807) is 0 Å². The van der Waals surface area contributed by atoms with Crippen LogP contribution in [0.2, 0.25) is 0 Å². The molecule has 2 aromatic carbocycles. The second-order valence-electron chi connectivity index (χ2n) is 4.14. The molecule has 0 spiro atoms. The Bertz CT molecular complexity index is 567. The van der Waals surface area contributed by atoms with E-state index < -0.39 is 0 Å². The van der Waals surface area contributed by atoms with Crippen molar-refractivity contribution < 1.29 is 0 Å². The Kier molecular flexibility index (Phi) is 4.93. The molecule has 0 amide bonds. The number of hydrogen-bond donors (Lipinski definition) is 2. The number of rotatable bonds is 3. The molecule has 98 valence electrons. The molecule has 0 fully saturated rings. The van der Waals surface area contributed by atoms with E-state index in [1.165, 1.54) is 5.56 Å². The maximum atomic E-state index is 5.30. The highest BCUT2D eigenvalue weighted by Gasteiger charge is 1.99. The molecule has 0 radical (unpaired) electrons. The van der Waals surface area contributed by atoms with Crippen LogP contribution in [0.3, 0.4) is 0 Å². The summed E-state index contributed by atoms with van der Waals surface area (Å²) in [6, 6.07) is 16.1. The van der Waals surface area contributed by atoms with Crippen LogP contribution in [-0.4, -0.2) is 5.11 Å². The van der Waals surface area contributed by atoms with Crippen molar-refractivity contribution in [3.63, 3.8) is 0 Å². The van der Waals surface area contributed by atoms with Crippen LogP contribution < -0.4 is 10.6 Å². The van der Waals surface area contributed by atoms with Gasteiger partial charge in [0.25, 0.3) is 0 Å². The molecule has 0 saturated carbocycles. The molecule has 2 aromatic rings. The number of thiocarbonyl (C=S) groups is 1. The van der Waals surface area contributed by atoms with Gasteiger partial charge in [0, 0.05) is 15.8 Å². The summed E-state index contributed by atoms with van der Waals surface area (Å²) in [6.45, 7) is 2.14. The lowest BCUT2D eigenvalue weighted by molar-refractivity contribution is 1.14. The van der Waals surface area contributed by atoms with Crippen LogP contribution in [0, 0.1) is 0 Å². The lowest BCUT2D eigenvalue weighted by atomic mass is 10.1. The zero-order valence-electron chi connectivity index (χ0n) is 10.6. The lowest BCUT2D eigenvalue weighted by Gasteiger charge is -2.11. The third-order valence-electron chi connectivity index (χ3n) is 2.70. The van der Waals surface area contributed by atoms with E-state index in [0.29, 0.717) is 5.11 Å². The van der Waals surface area contributed by atoms with Gasteiger partial charge >= 0.3 is 0 Å². The largest absolute Gasteiger partial charge is 0.332 e. The summed E-state index contributed by atoms with van der Waals surface area (Å²) in [7, 11) is 0. The van der Waals surface area contributed by atoms with Crippen molar-refractivity contribution in [2.24, 2.45) is 0 Å². The molecule has 0 atom stereocenters. The van der Waals surface area contributed by atoms with Gasteiger partial charge in [0.05, 0.1) is 0 Å². The number of benzene rings is 2. The summed E-state index contributed by atoms with van der Waals surface area (Å²) < 4.78 is 1.05. The van der Waals surface area contributed by atoms with Gasteiger partial charge < -0.3 is 10.6 Å². The Balaban J connectivity index is 1.99. The monoisotopic (exact) mass is 334 g/mol.